The normalized spacial score (nSPS) is 17.9. The van der Waals surface area contributed by atoms with Gasteiger partial charge in [0.25, 0.3) is 0 Å². The van der Waals surface area contributed by atoms with Gasteiger partial charge >= 0.3 is 0 Å². The lowest BCUT2D eigenvalue weighted by Crippen LogP contribution is -2.28. The van der Waals surface area contributed by atoms with Gasteiger partial charge < -0.3 is 10.0 Å². The van der Waals surface area contributed by atoms with Crippen molar-refractivity contribution in [3.05, 3.63) is 23.9 Å². The van der Waals surface area contributed by atoms with Gasteiger partial charge in [-0.05, 0) is 25.0 Å². The van der Waals surface area contributed by atoms with E-state index >= 15 is 0 Å². The quantitative estimate of drug-likeness (QED) is 0.831. The largest absolute Gasteiger partial charge is 0.390 e. The zero-order valence-corrected chi connectivity index (χ0v) is 9.73. The third kappa shape index (κ3) is 2.95. The van der Waals surface area contributed by atoms with Crippen LogP contribution in [0.15, 0.2) is 18.2 Å². The lowest BCUT2D eigenvalue weighted by molar-refractivity contribution is 0.277. The number of nitrogens with zero attached hydrogens (tertiary/aromatic N) is 2. The van der Waals surface area contributed by atoms with Crippen LogP contribution in [0.25, 0.3) is 0 Å². The molecule has 0 radical (unpaired) electrons. The lowest BCUT2D eigenvalue weighted by atomic mass is 10.1. The van der Waals surface area contributed by atoms with Crippen molar-refractivity contribution in [2.24, 2.45) is 0 Å². The highest BCUT2D eigenvalue weighted by Gasteiger charge is 2.10. The third-order valence-corrected chi connectivity index (χ3v) is 3.13. The molecule has 0 bridgehead atoms. The Morgan fingerprint density at radius 2 is 1.75 bits per heavy atom. The van der Waals surface area contributed by atoms with Gasteiger partial charge in [0.2, 0.25) is 0 Å². The molecule has 2 heterocycles. The molecule has 1 aliphatic rings. The zero-order valence-electron chi connectivity index (χ0n) is 9.73. The summed E-state index contributed by atoms with van der Waals surface area (Å²) in [5.41, 5.74) is 0.763. The molecule has 1 aromatic heterocycles. The van der Waals surface area contributed by atoms with Crippen LogP contribution in [0.5, 0.6) is 0 Å². The molecule has 16 heavy (non-hydrogen) atoms. The molecule has 88 valence electrons. The summed E-state index contributed by atoms with van der Waals surface area (Å²) in [5.74, 6) is 1.02. The van der Waals surface area contributed by atoms with Crippen LogP contribution < -0.4 is 4.90 Å². The molecular formula is C13H20N2O. The fourth-order valence-corrected chi connectivity index (χ4v) is 2.21. The van der Waals surface area contributed by atoms with Crippen LogP contribution in [-0.4, -0.2) is 23.2 Å². The van der Waals surface area contributed by atoms with Crippen molar-refractivity contribution >= 4 is 5.82 Å². The number of anilines is 1. The van der Waals surface area contributed by atoms with E-state index in [4.69, 9.17) is 5.11 Å². The molecule has 1 aliphatic heterocycles. The minimum absolute atomic E-state index is 0.0294. The van der Waals surface area contributed by atoms with Gasteiger partial charge in [0.15, 0.2) is 0 Å². The predicted octanol–water partition coefficient (Wildman–Crippen LogP) is 2.34. The number of hydrogen-bond acceptors (Lipinski definition) is 3. The molecule has 1 aromatic rings. The van der Waals surface area contributed by atoms with Crippen LogP contribution in [0.3, 0.4) is 0 Å². The van der Waals surface area contributed by atoms with Gasteiger partial charge in [-0.2, -0.15) is 0 Å². The van der Waals surface area contributed by atoms with Crippen LogP contribution in [0.4, 0.5) is 5.82 Å². The standard InChI is InChI=1S/C13H20N2O/c16-11-12-7-6-8-13(14-12)15-9-4-2-1-3-5-10-15/h6-8,16H,1-5,9-11H2. The van der Waals surface area contributed by atoms with Crippen LogP contribution in [0, 0.1) is 0 Å². The molecular weight excluding hydrogens is 200 g/mol. The predicted molar refractivity (Wildman–Crippen MR) is 65.5 cm³/mol. The zero-order chi connectivity index (χ0) is 11.2. The molecule has 0 unspecified atom stereocenters. The summed E-state index contributed by atoms with van der Waals surface area (Å²) in [7, 11) is 0. The summed E-state index contributed by atoms with van der Waals surface area (Å²) < 4.78 is 0. The van der Waals surface area contributed by atoms with E-state index in [0.717, 1.165) is 24.6 Å². The van der Waals surface area contributed by atoms with Crippen LogP contribution in [0.1, 0.15) is 37.8 Å². The van der Waals surface area contributed by atoms with Gasteiger partial charge in [0, 0.05) is 13.1 Å². The highest BCUT2D eigenvalue weighted by Crippen LogP contribution is 2.17. The number of rotatable bonds is 2. The maximum Gasteiger partial charge on any atom is 0.128 e. The summed E-state index contributed by atoms with van der Waals surface area (Å²) in [5, 5.41) is 9.08. The summed E-state index contributed by atoms with van der Waals surface area (Å²) >= 11 is 0. The molecule has 0 aromatic carbocycles. The van der Waals surface area contributed by atoms with E-state index in [1.54, 1.807) is 0 Å². The number of aromatic nitrogens is 1. The Morgan fingerprint density at radius 3 is 2.44 bits per heavy atom. The first-order chi connectivity index (χ1) is 7.90. The van der Waals surface area contributed by atoms with Gasteiger partial charge in [-0.15, -0.1) is 0 Å². The second-order valence-corrected chi connectivity index (χ2v) is 4.40. The monoisotopic (exact) mass is 220 g/mol. The molecule has 1 saturated heterocycles. The highest BCUT2D eigenvalue weighted by molar-refractivity contribution is 5.39. The first-order valence-electron chi connectivity index (χ1n) is 6.22. The van der Waals surface area contributed by atoms with E-state index in [9.17, 15) is 0 Å². The number of aliphatic hydroxyl groups excluding tert-OH is 1. The van der Waals surface area contributed by atoms with Crippen molar-refractivity contribution in [3.8, 4) is 0 Å². The molecule has 3 nitrogen and oxygen atoms in total. The lowest BCUT2D eigenvalue weighted by Gasteiger charge is -2.26. The Hall–Kier alpha value is -1.09. The average molecular weight is 220 g/mol. The first-order valence-corrected chi connectivity index (χ1v) is 6.22. The first kappa shape index (κ1) is 11.4. The molecule has 0 aliphatic carbocycles. The number of hydrogen-bond donors (Lipinski definition) is 1. The Labute approximate surface area is 97.1 Å². The molecule has 0 atom stereocenters. The Morgan fingerprint density at radius 1 is 1.06 bits per heavy atom. The Balaban J connectivity index is 2.07. The summed E-state index contributed by atoms with van der Waals surface area (Å²) in [6, 6.07) is 5.89. The van der Waals surface area contributed by atoms with Crippen molar-refractivity contribution in [1.29, 1.82) is 0 Å². The van der Waals surface area contributed by atoms with E-state index in [-0.39, 0.29) is 6.61 Å². The molecule has 3 heteroatoms. The molecule has 0 spiro atoms. The second-order valence-electron chi connectivity index (χ2n) is 4.40. The fraction of sp³-hybridized carbons (Fsp3) is 0.615. The van der Waals surface area contributed by atoms with Crippen molar-refractivity contribution in [2.75, 3.05) is 18.0 Å². The number of pyridine rings is 1. The van der Waals surface area contributed by atoms with Crippen molar-refractivity contribution < 1.29 is 5.11 Å². The molecule has 1 N–H and O–H groups in total. The van der Waals surface area contributed by atoms with Gasteiger partial charge in [0.05, 0.1) is 12.3 Å². The topological polar surface area (TPSA) is 36.4 Å². The minimum Gasteiger partial charge on any atom is -0.390 e. The maximum absolute atomic E-state index is 9.08. The van der Waals surface area contributed by atoms with E-state index in [0.29, 0.717) is 0 Å². The van der Waals surface area contributed by atoms with Crippen molar-refractivity contribution in [3.63, 3.8) is 0 Å². The molecule has 0 saturated carbocycles. The smallest absolute Gasteiger partial charge is 0.128 e. The van der Waals surface area contributed by atoms with Crippen molar-refractivity contribution in [1.82, 2.24) is 4.98 Å². The molecule has 1 fully saturated rings. The van der Waals surface area contributed by atoms with E-state index in [2.05, 4.69) is 9.88 Å². The van der Waals surface area contributed by atoms with E-state index in [1.165, 1.54) is 32.1 Å². The SMILES string of the molecule is OCc1cccc(N2CCCCCCC2)n1. The Kier molecular flexibility index (Phi) is 4.17. The van der Waals surface area contributed by atoms with Crippen LogP contribution in [-0.2, 0) is 6.61 Å². The van der Waals surface area contributed by atoms with E-state index < -0.39 is 0 Å². The van der Waals surface area contributed by atoms with Crippen molar-refractivity contribution in [2.45, 2.75) is 38.7 Å². The van der Waals surface area contributed by atoms with Gasteiger partial charge in [-0.25, -0.2) is 4.98 Å². The number of aliphatic hydroxyl groups is 1. The summed E-state index contributed by atoms with van der Waals surface area (Å²) in [6.07, 6.45) is 6.54. The average Bonchev–Trinajstić information content (AvgIpc) is 2.29. The highest BCUT2D eigenvalue weighted by atomic mass is 16.3. The van der Waals surface area contributed by atoms with Gasteiger partial charge in [-0.1, -0.05) is 25.3 Å². The molecule has 0 amide bonds. The fourth-order valence-electron chi connectivity index (χ4n) is 2.21. The summed E-state index contributed by atoms with van der Waals surface area (Å²) in [6.45, 7) is 2.23. The summed E-state index contributed by atoms with van der Waals surface area (Å²) in [4.78, 5) is 6.81. The van der Waals surface area contributed by atoms with E-state index in [1.807, 2.05) is 18.2 Å². The van der Waals surface area contributed by atoms with Gasteiger partial charge in [0.1, 0.15) is 5.82 Å². The second kappa shape index (κ2) is 5.85. The van der Waals surface area contributed by atoms with Crippen LogP contribution >= 0.6 is 0 Å². The molecule has 2 rings (SSSR count). The van der Waals surface area contributed by atoms with Gasteiger partial charge in [-0.3, -0.25) is 0 Å². The minimum atomic E-state index is 0.0294. The third-order valence-electron chi connectivity index (χ3n) is 3.13. The maximum atomic E-state index is 9.08. The Bertz CT molecular complexity index is 319. The van der Waals surface area contributed by atoms with Crippen LogP contribution in [0.2, 0.25) is 0 Å².